The first kappa shape index (κ1) is 19.4. The number of rotatable bonds is 6. The second kappa shape index (κ2) is 9.05. The number of nitro benzene ring substituents is 1. The molecule has 0 heterocycles. The third kappa shape index (κ3) is 5.33. The third-order valence-electron chi connectivity index (χ3n) is 3.90. The summed E-state index contributed by atoms with van der Waals surface area (Å²) in [5.41, 5.74) is 4.21. The van der Waals surface area contributed by atoms with E-state index >= 15 is 0 Å². The summed E-state index contributed by atoms with van der Waals surface area (Å²) >= 11 is 0. The van der Waals surface area contributed by atoms with Crippen molar-refractivity contribution in [2.24, 2.45) is 5.10 Å². The summed E-state index contributed by atoms with van der Waals surface area (Å²) in [7, 11) is 0. The smallest absolute Gasteiger partial charge is 0.271 e. The number of carbonyl (C=O) groups is 2. The molecule has 0 aliphatic heterocycles. The van der Waals surface area contributed by atoms with Crippen LogP contribution in [0.2, 0.25) is 0 Å². The van der Waals surface area contributed by atoms with E-state index in [-0.39, 0.29) is 11.6 Å². The quantitative estimate of drug-likeness (QED) is 0.381. The predicted molar refractivity (Wildman–Crippen MR) is 109 cm³/mol. The number of nitro groups is 1. The van der Waals surface area contributed by atoms with Crippen molar-refractivity contribution in [2.75, 3.05) is 5.32 Å². The van der Waals surface area contributed by atoms with Crippen molar-refractivity contribution < 1.29 is 14.5 Å². The van der Waals surface area contributed by atoms with Gasteiger partial charge < -0.3 is 5.32 Å². The van der Waals surface area contributed by atoms with Crippen LogP contribution in [0, 0.1) is 10.1 Å². The monoisotopic (exact) mass is 388 g/mol. The SMILES string of the molecule is O=C(N/N=C/c1cccc([N+](=O)[O-])c1)c1ccc(NC(=O)c2ccccc2)cc1. The minimum Gasteiger partial charge on any atom is -0.322 e. The van der Waals surface area contributed by atoms with Gasteiger partial charge in [-0.15, -0.1) is 0 Å². The highest BCUT2D eigenvalue weighted by Crippen LogP contribution is 2.13. The molecule has 0 radical (unpaired) electrons. The summed E-state index contributed by atoms with van der Waals surface area (Å²) in [6.07, 6.45) is 1.32. The van der Waals surface area contributed by atoms with Gasteiger partial charge in [0, 0.05) is 34.5 Å². The van der Waals surface area contributed by atoms with Crippen LogP contribution in [-0.4, -0.2) is 23.0 Å². The second-order valence-electron chi connectivity index (χ2n) is 5.95. The zero-order chi connectivity index (χ0) is 20.6. The number of non-ortho nitro benzene ring substituents is 1. The normalized spacial score (nSPS) is 10.5. The maximum atomic E-state index is 12.1. The number of anilines is 1. The van der Waals surface area contributed by atoms with Crippen LogP contribution in [0.1, 0.15) is 26.3 Å². The van der Waals surface area contributed by atoms with Gasteiger partial charge in [-0.25, -0.2) is 5.43 Å². The van der Waals surface area contributed by atoms with E-state index in [1.165, 1.54) is 24.4 Å². The Labute approximate surface area is 166 Å². The van der Waals surface area contributed by atoms with Crippen LogP contribution in [0.3, 0.4) is 0 Å². The zero-order valence-corrected chi connectivity index (χ0v) is 15.1. The molecular formula is C21H16N4O4. The van der Waals surface area contributed by atoms with E-state index in [4.69, 9.17) is 0 Å². The molecule has 2 amide bonds. The number of benzene rings is 3. The van der Waals surface area contributed by atoms with Gasteiger partial charge in [0.1, 0.15) is 0 Å². The summed E-state index contributed by atoms with van der Waals surface area (Å²) < 4.78 is 0. The fourth-order valence-corrected chi connectivity index (χ4v) is 2.45. The van der Waals surface area contributed by atoms with Crippen LogP contribution in [0.25, 0.3) is 0 Å². The molecule has 2 N–H and O–H groups in total. The molecule has 144 valence electrons. The highest BCUT2D eigenvalue weighted by molar-refractivity contribution is 6.04. The zero-order valence-electron chi connectivity index (χ0n) is 15.1. The van der Waals surface area contributed by atoms with Gasteiger partial charge in [0.15, 0.2) is 0 Å². The molecule has 8 heteroatoms. The Hall–Kier alpha value is -4.33. The minimum atomic E-state index is -0.506. The van der Waals surface area contributed by atoms with Gasteiger partial charge in [0.25, 0.3) is 17.5 Å². The van der Waals surface area contributed by atoms with Crippen LogP contribution in [0.15, 0.2) is 84.0 Å². The van der Waals surface area contributed by atoms with E-state index in [1.54, 1.807) is 54.6 Å². The molecule has 8 nitrogen and oxygen atoms in total. The highest BCUT2D eigenvalue weighted by Gasteiger charge is 2.08. The summed E-state index contributed by atoms with van der Waals surface area (Å²) in [6.45, 7) is 0. The molecule has 0 aliphatic carbocycles. The largest absolute Gasteiger partial charge is 0.322 e. The van der Waals surface area contributed by atoms with E-state index in [0.717, 1.165) is 0 Å². The standard InChI is InChI=1S/C21H16N4O4/c26-20(16-6-2-1-3-7-16)23-18-11-9-17(10-12-18)21(27)24-22-14-15-5-4-8-19(13-15)25(28)29/h1-14H,(H,23,26)(H,24,27)/b22-14+. The predicted octanol–water partition coefficient (Wildman–Crippen LogP) is 3.61. The number of nitrogens with one attached hydrogen (secondary N) is 2. The maximum absolute atomic E-state index is 12.1. The molecule has 0 bridgehead atoms. The Morgan fingerprint density at radius 1 is 0.862 bits per heavy atom. The molecule has 0 saturated carbocycles. The van der Waals surface area contributed by atoms with Crippen molar-refractivity contribution in [3.8, 4) is 0 Å². The van der Waals surface area contributed by atoms with Crippen LogP contribution in [0.5, 0.6) is 0 Å². The highest BCUT2D eigenvalue weighted by atomic mass is 16.6. The number of hydrogen-bond donors (Lipinski definition) is 2. The molecule has 3 rings (SSSR count). The number of carbonyl (C=O) groups excluding carboxylic acids is 2. The first-order chi connectivity index (χ1) is 14.0. The molecule has 0 aromatic heterocycles. The molecule has 0 aliphatic rings. The van der Waals surface area contributed by atoms with Crippen molar-refractivity contribution in [2.45, 2.75) is 0 Å². The maximum Gasteiger partial charge on any atom is 0.271 e. The molecule has 3 aromatic rings. The summed E-state index contributed by atoms with van der Waals surface area (Å²) in [5, 5.41) is 17.3. The lowest BCUT2D eigenvalue weighted by atomic mass is 10.1. The lowest BCUT2D eigenvalue weighted by molar-refractivity contribution is -0.384. The first-order valence-corrected chi connectivity index (χ1v) is 8.57. The van der Waals surface area contributed by atoms with Gasteiger partial charge in [-0.2, -0.15) is 5.10 Å². The minimum absolute atomic E-state index is 0.0617. The summed E-state index contributed by atoms with van der Waals surface area (Å²) in [6, 6.07) is 21.0. The van der Waals surface area contributed by atoms with Crippen LogP contribution >= 0.6 is 0 Å². The van der Waals surface area contributed by atoms with Gasteiger partial charge in [-0.3, -0.25) is 19.7 Å². The molecular weight excluding hydrogens is 372 g/mol. The van der Waals surface area contributed by atoms with E-state index in [2.05, 4.69) is 15.8 Å². The lowest BCUT2D eigenvalue weighted by Crippen LogP contribution is -2.17. The van der Waals surface area contributed by atoms with Gasteiger partial charge in [-0.1, -0.05) is 30.3 Å². The number of hydrazone groups is 1. The summed E-state index contributed by atoms with van der Waals surface area (Å²) in [5.74, 6) is -0.697. The Morgan fingerprint density at radius 3 is 2.24 bits per heavy atom. The fourth-order valence-electron chi connectivity index (χ4n) is 2.45. The van der Waals surface area contributed by atoms with E-state index in [9.17, 15) is 19.7 Å². The Kier molecular flexibility index (Phi) is 6.06. The number of hydrogen-bond acceptors (Lipinski definition) is 5. The average Bonchev–Trinajstić information content (AvgIpc) is 2.75. The van der Waals surface area contributed by atoms with E-state index in [0.29, 0.717) is 22.4 Å². The van der Waals surface area contributed by atoms with Crippen molar-refractivity contribution in [3.63, 3.8) is 0 Å². The van der Waals surface area contributed by atoms with E-state index in [1.807, 2.05) is 6.07 Å². The van der Waals surface area contributed by atoms with Crippen LogP contribution in [-0.2, 0) is 0 Å². The van der Waals surface area contributed by atoms with Crippen molar-refractivity contribution in [1.29, 1.82) is 0 Å². The number of nitrogens with zero attached hydrogens (tertiary/aromatic N) is 2. The van der Waals surface area contributed by atoms with Gasteiger partial charge >= 0.3 is 0 Å². The first-order valence-electron chi connectivity index (χ1n) is 8.57. The van der Waals surface area contributed by atoms with Gasteiger partial charge in [0.2, 0.25) is 0 Å². The third-order valence-corrected chi connectivity index (χ3v) is 3.90. The molecule has 3 aromatic carbocycles. The second-order valence-corrected chi connectivity index (χ2v) is 5.95. The number of amides is 2. The van der Waals surface area contributed by atoms with Crippen LogP contribution in [0.4, 0.5) is 11.4 Å². The Bertz CT molecular complexity index is 1060. The molecule has 29 heavy (non-hydrogen) atoms. The Balaban J connectivity index is 1.58. The van der Waals surface area contributed by atoms with Crippen molar-refractivity contribution in [3.05, 3.63) is 106 Å². The topological polar surface area (TPSA) is 114 Å². The summed E-state index contributed by atoms with van der Waals surface area (Å²) in [4.78, 5) is 34.5. The molecule has 0 fully saturated rings. The van der Waals surface area contributed by atoms with Gasteiger partial charge in [0.05, 0.1) is 11.1 Å². The molecule has 0 unspecified atom stereocenters. The fraction of sp³-hybridized carbons (Fsp3) is 0. The molecule has 0 spiro atoms. The van der Waals surface area contributed by atoms with Crippen molar-refractivity contribution >= 4 is 29.4 Å². The molecule has 0 saturated heterocycles. The Morgan fingerprint density at radius 2 is 1.55 bits per heavy atom. The van der Waals surface area contributed by atoms with Crippen molar-refractivity contribution in [1.82, 2.24) is 5.43 Å². The van der Waals surface area contributed by atoms with Crippen LogP contribution < -0.4 is 10.7 Å². The van der Waals surface area contributed by atoms with E-state index < -0.39 is 10.8 Å². The molecule has 0 atom stereocenters. The lowest BCUT2D eigenvalue weighted by Gasteiger charge is -2.06. The van der Waals surface area contributed by atoms with Gasteiger partial charge in [-0.05, 0) is 36.4 Å². The average molecular weight is 388 g/mol.